The van der Waals surface area contributed by atoms with Crippen molar-refractivity contribution in [1.29, 1.82) is 0 Å². The van der Waals surface area contributed by atoms with Crippen molar-refractivity contribution in [3.05, 3.63) is 47.7 Å². The lowest BCUT2D eigenvalue weighted by Crippen LogP contribution is -2.47. The molecule has 6 heteroatoms. The van der Waals surface area contributed by atoms with E-state index in [-0.39, 0.29) is 0 Å². The van der Waals surface area contributed by atoms with Gasteiger partial charge in [0.1, 0.15) is 11.1 Å². The molecule has 0 aliphatic carbocycles. The molecule has 0 aliphatic heterocycles. The molecule has 124 valence electrons. The summed E-state index contributed by atoms with van der Waals surface area (Å²) in [5.74, 6) is 0.801. The Morgan fingerprint density at radius 3 is 2.35 bits per heavy atom. The predicted molar refractivity (Wildman–Crippen MR) is 85.9 cm³/mol. The number of rotatable bonds is 4. The molecule has 2 aromatic rings. The highest BCUT2D eigenvalue weighted by atomic mass is 16.6. The number of nitrogens with one attached hydrogen (secondary N) is 1. The fourth-order valence-corrected chi connectivity index (χ4v) is 2.23. The van der Waals surface area contributed by atoms with Crippen LogP contribution in [0.5, 0.6) is 0 Å². The standard InChI is InChI=1S/C17H23N3O3/c1-12-19-20-14(22-12)17(5,11-13-9-7-6-8-10-13)18-15(21)23-16(2,3)4/h6-10H,11H2,1-5H3,(H,18,21). The largest absolute Gasteiger partial charge is 0.444 e. The number of aryl methyl sites for hydroxylation is 1. The normalized spacial score (nSPS) is 14.1. The number of carbonyl (C=O) groups is 1. The second-order valence-corrected chi connectivity index (χ2v) is 6.75. The Morgan fingerprint density at radius 2 is 1.83 bits per heavy atom. The van der Waals surface area contributed by atoms with Crippen molar-refractivity contribution >= 4 is 6.09 Å². The van der Waals surface area contributed by atoms with E-state index in [1.165, 1.54) is 0 Å². The Balaban J connectivity index is 2.26. The van der Waals surface area contributed by atoms with Crippen LogP contribution in [-0.4, -0.2) is 21.9 Å². The smallest absolute Gasteiger partial charge is 0.408 e. The van der Waals surface area contributed by atoms with E-state index in [2.05, 4.69) is 15.5 Å². The van der Waals surface area contributed by atoms with Crippen LogP contribution in [0, 0.1) is 6.92 Å². The molecule has 23 heavy (non-hydrogen) atoms. The Morgan fingerprint density at radius 1 is 1.17 bits per heavy atom. The highest BCUT2D eigenvalue weighted by molar-refractivity contribution is 5.69. The van der Waals surface area contributed by atoms with E-state index in [0.717, 1.165) is 5.56 Å². The number of carbonyl (C=O) groups excluding carboxylic acids is 1. The zero-order valence-corrected chi connectivity index (χ0v) is 14.2. The third kappa shape index (κ3) is 4.81. The maximum atomic E-state index is 12.2. The predicted octanol–water partition coefficient (Wildman–Crippen LogP) is 3.36. The van der Waals surface area contributed by atoms with Crippen molar-refractivity contribution < 1.29 is 13.9 Å². The summed E-state index contributed by atoms with van der Waals surface area (Å²) >= 11 is 0. The fraction of sp³-hybridized carbons (Fsp3) is 0.471. The lowest BCUT2D eigenvalue weighted by molar-refractivity contribution is 0.0442. The van der Waals surface area contributed by atoms with Gasteiger partial charge in [0.2, 0.25) is 11.8 Å². The number of aromatic nitrogens is 2. The van der Waals surface area contributed by atoms with Gasteiger partial charge in [0.05, 0.1) is 0 Å². The van der Waals surface area contributed by atoms with Crippen LogP contribution >= 0.6 is 0 Å². The SMILES string of the molecule is Cc1nnc(C(C)(Cc2ccccc2)NC(=O)OC(C)(C)C)o1. The Kier molecular flexibility index (Phi) is 4.73. The van der Waals surface area contributed by atoms with Crippen LogP contribution < -0.4 is 5.32 Å². The molecule has 1 N–H and O–H groups in total. The maximum Gasteiger partial charge on any atom is 0.408 e. The Labute approximate surface area is 136 Å². The number of hydrogen-bond donors (Lipinski definition) is 1. The Bertz CT molecular complexity index is 661. The van der Waals surface area contributed by atoms with Gasteiger partial charge in [-0.25, -0.2) is 4.79 Å². The summed E-state index contributed by atoms with van der Waals surface area (Å²) in [6.07, 6.45) is -0.0128. The molecule has 0 aliphatic rings. The summed E-state index contributed by atoms with van der Waals surface area (Å²) in [6.45, 7) is 9.01. The number of alkyl carbamates (subject to hydrolysis) is 1. The van der Waals surface area contributed by atoms with E-state index in [4.69, 9.17) is 9.15 Å². The molecule has 0 saturated heterocycles. The van der Waals surface area contributed by atoms with Crippen molar-refractivity contribution in [2.75, 3.05) is 0 Å². The lowest BCUT2D eigenvalue weighted by atomic mass is 9.92. The topological polar surface area (TPSA) is 77.2 Å². The van der Waals surface area contributed by atoms with Gasteiger partial charge < -0.3 is 14.5 Å². The van der Waals surface area contributed by atoms with Crippen LogP contribution in [0.4, 0.5) is 4.79 Å². The molecule has 1 amide bonds. The van der Waals surface area contributed by atoms with Crippen LogP contribution in [0.1, 0.15) is 45.0 Å². The van der Waals surface area contributed by atoms with Gasteiger partial charge in [-0.1, -0.05) is 30.3 Å². The number of amides is 1. The van der Waals surface area contributed by atoms with Gasteiger partial charge in [-0.15, -0.1) is 10.2 Å². The van der Waals surface area contributed by atoms with E-state index in [9.17, 15) is 4.79 Å². The molecule has 1 aromatic heterocycles. The third-order valence-electron chi connectivity index (χ3n) is 3.18. The first-order valence-corrected chi connectivity index (χ1v) is 7.54. The zero-order chi connectivity index (χ0) is 17.1. The highest BCUT2D eigenvalue weighted by Gasteiger charge is 2.36. The van der Waals surface area contributed by atoms with Crippen LogP contribution in [0.15, 0.2) is 34.7 Å². The van der Waals surface area contributed by atoms with E-state index in [0.29, 0.717) is 18.2 Å². The molecule has 0 bridgehead atoms. The first-order chi connectivity index (χ1) is 10.7. The van der Waals surface area contributed by atoms with Crippen LogP contribution in [0.25, 0.3) is 0 Å². The molecule has 0 saturated carbocycles. The molecule has 0 fully saturated rings. The molecule has 0 spiro atoms. The lowest BCUT2D eigenvalue weighted by Gasteiger charge is -2.29. The van der Waals surface area contributed by atoms with E-state index < -0.39 is 17.2 Å². The van der Waals surface area contributed by atoms with Gasteiger partial charge in [0, 0.05) is 13.3 Å². The zero-order valence-electron chi connectivity index (χ0n) is 14.2. The minimum absolute atomic E-state index is 0.352. The molecule has 6 nitrogen and oxygen atoms in total. The van der Waals surface area contributed by atoms with Gasteiger partial charge in [0.25, 0.3) is 0 Å². The van der Waals surface area contributed by atoms with Crippen LogP contribution in [0.3, 0.4) is 0 Å². The van der Waals surface area contributed by atoms with E-state index in [1.807, 2.05) is 58.0 Å². The quantitative estimate of drug-likeness (QED) is 0.935. The minimum Gasteiger partial charge on any atom is -0.444 e. The summed E-state index contributed by atoms with van der Waals surface area (Å²) < 4.78 is 10.9. The summed E-state index contributed by atoms with van der Waals surface area (Å²) in [5, 5.41) is 10.8. The number of ether oxygens (including phenoxy) is 1. The summed E-state index contributed by atoms with van der Waals surface area (Å²) in [5.41, 5.74) is -0.394. The van der Waals surface area contributed by atoms with Gasteiger partial charge in [-0.3, -0.25) is 0 Å². The van der Waals surface area contributed by atoms with Crippen molar-refractivity contribution in [2.24, 2.45) is 0 Å². The first kappa shape index (κ1) is 17.0. The molecule has 1 atom stereocenters. The third-order valence-corrected chi connectivity index (χ3v) is 3.18. The van der Waals surface area contributed by atoms with Crippen LogP contribution in [0.2, 0.25) is 0 Å². The molecule has 1 unspecified atom stereocenters. The summed E-state index contributed by atoms with van der Waals surface area (Å²) in [7, 11) is 0. The van der Waals surface area contributed by atoms with Crippen molar-refractivity contribution in [2.45, 2.75) is 52.2 Å². The first-order valence-electron chi connectivity index (χ1n) is 7.54. The summed E-state index contributed by atoms with van der Waals surface area (Å²) in [6, 6.07) is 9.81. The molecule has 1 aromatic carbocycles. The highest BCUT2D eigenvalue weighted by Crippen LogP contribution is 2.25. The average Bonchev–Trinajstić information content (AvgIpc) is 2.84. The second kappa shape index (κ2) is 6.40. The van der Waals surface area contributed by atoms with Gasteiger partial charge in [-0.2, -0.15) is 0 Å². The van der Waals surface area contributed by atoms with E-state index in [1.54, 1.807) is 6.92 Å². The monoisotopic (exact) mass is 317 g/mol. The number of hydrogen-bond acceptors (Lipinski definition) is 5. The number of nitrogens with zero attached hydrogens (tertiary/aromatic N) is 2. The molecule has 1 heterocycles. The van der Waals surface area contributed by atoms with E-state index >= 15 is 0 Å². The maximum absolute atomic E-state index is 12.2. The van der Waals surface area contributed by atoms with Crippen molar-refractivity contribution in [3.8, 4) is 0 Å². The second-order valence-electron chi connectivity index (χ2n) is 6.75. The van der Waals surface area contributed by atoms with Gasteiger partial charge >= 0.3 is 6.09 Å². The van der Waals surface area contributed by atoms with Crippen molar-refractivity contribution in [3.63, 3.8) is 0 Å². The molecular weight excluding hydrogens is 294 g/mol. The van der Waals surface area contributed by atoms with Gasteiger partial charge in [0.15, 0.2) is 0 Å². The minimum atomic E-state index is -0.856. The number of benzene rings is 1. The molecule has 2 rings (SSSR count). The molecular formula is C17H23N3O3. The van der Waals surface area contributed by atoms with Crippen molar-refractivity contribution in [1.82, 2.24) is 15.5 Å². The van der Waals surface area contributed by atoms with Gasteiger partial charge in [-0.05, 0) is 33.3 Å². The fourth-order valence-electron chi connectivity index (χ4n) is 2.23. The molecule has 0 radical (unpaired) electrons. The Hall–Kier alpha value is -2.37. The van der Waals surface area contributed by atoms with Crippen LogP contribution in [-0.2, 0) is 16.7 Å². The summed E-state index contributed by atoms with van der Waals surface area (Å²) in [4.78, 5) is 12.2. The average molecular weight is 317 g/mol.